The van der Waals surface area contributed by atoms with Gasteiger partial charge in [0.05, 0.1) is 18.3 Å². The topological polar surface area (TPSA) is 46.6 Å². The third-order valence-corrected chi connectivity index (χ3v) is 5.04. The minimum Gasteiger partial charge on any atom is -0.465 e. The summed E-state index contributed by atoms with van der Waals surface area (Å²) >= 11 is 5.94. The van der Waals surface area contributed by atoms with Crippen molar-refractivity contribution >= 4 is 35.2 Å². The number of carbonyl (C=O) groups excluding carboxylic acids is 2. The van der Waals surface area contributed by atoms with E-state index in [4.69, 9.17) is 16.3 Å². The second-order valence-corrected chi connectivity index (χ2v) is 7.38. The molecule has 144 valence electrons. The lowest BCUT2D eigenvalue weighted by molar-refractivity contribution is -0.136. The zero-order chi connectivity index (χ0) is 20.4. The molecule has 28 heavy (non-hydrogen) atoms. The Morgan fingerprint density at radius 2 is 1.68 bits per heavy atom. The number of benzene rings is 2. The van der Waals surface area contributed by atoms with Crippen LogP contribution in [0.1, 0.15) is 37.8 Å². The molecule has 2 aromatic rings. The number of nitrogens with zero attached hydrogens (tertiary/aromatic N) is 1. The van der Waals surface area contributed by atoms with Crippen LogP contribution in [-0.4, -0.2) is 19.0 Å². The Morgan fingerprint density at radius 3 is 2.21 bits per heavy atom. The van der Waals surface area contributed by atoms with Gasteiger partial charge in [0.2, 0.25) is 0 Å². The molecular weight excluding hydrogens is 374 g/mol. The molecule has 1 heterocycles. The molecule has 5 heteroatoms. The highest BCUT2D eigenvalue weighted by Crippen LogP contribution is 2.36. The average molecular weight is 396 g/mol. The summed E-state index contributed by atoms with van der Waals surface area (Å²) in [5, 5.41) is 0.603. The summed E-state index contributed by atoms with van der Waals surface area (Å²) in [6.07, 6.45) is 1.69. The highest BCUT2D eigenvalue weighted by Gasteiger charge is 2.37. The van der Waals surface area contributed by atoms with Crippen molar-refractivity contribution in [1.82, 2.24) is 0 Å². The van der Waals surface area contributed by atoms with E-state index in [2.05, 4.69) is 13.8 Å². The van der Waals surface area contributed by atoms with Crippen LogP contribution in [0.25, 0.3) is 6.08 Å². The Hall–Kier alpha value is -2.85. The van der Waals surface area contributed by atoms with E-state index in [-0.39, 0.29) is 11.5 Å². The summed E-state index contributed by atoms with van der Waals surface area (Å²) in [5.41, 5.74) is 3.80. The molecule has 0 aromatic heterocycles. The minimum atomic E-state index is -0.535. The van der Waals surface area contributed by atoms with Gasteiger partial charge < -0.3 is 4.74 Å². The largest absolute Gasteiger partial charge is 0.465 e. The summed E-state index contributed by atoms with van der Waals surface area (Å²) < 4.78 is 4.94. The van der Waals surface area contributed by atoms with E-state index in [0.29, 0.717) is 27.9 Å². The molecule has 0 atom stereocenters. The van der Waals surface area contributed by atoms with Crippen molar-refractivity contribution in [1.29, 1.82) is 0 Å². The highest BCUT2D eigenvalue weighted by atomic mass is 35.5. The second-order valence-electron chi connectivity index (χ2n) is 6.95. The Bertz CT molecular complexity index is 970. The molecule has 0 fully saturated rings. The van der Waals surface area contributed by atoms with Crippen molar-refractivity contribution in [2.45, 2.75) is 26.7 Å². The molecule has 0 saturated heterocycles. The third kappa shape index (κ3) is 3.73. The fourth-order valence-corrected chi connectivity index (χ4v) is 3.35. The first-order valence-corrected chi connectivity index (χ1v) is 9.42. The first-order valence-electron chi connectivity index (χ1n) is 9.04. The zero-order valence-electron chi connectivity index (χ0n) is 16.3. The van der Waals surface area contributed by atoms with E-state index < -0.39 is 5.97 Å². The summed E-state index contributed by atoms with van der Waals surface area (Å²) in [6.45, 7) is 5.98. The van der Waals surface area contributed by atoms with Crippen LogP contribution in [0.4, 0.5) is 5.69 Å². The zero-order valence-corrected chi connectivity index (χ0v) is 17.1. The van der Waals surface area contributed by atoms with Gasteiger partial charge in [-0.3, -0.25) is 9.69 Å². The molecule has 2 aromatic carbocycles. The number of esters is 1. The Morgan fingerprint density at radius 1 is 1.07 bits per heavy atom. The van der Waals surface area contributed by atoms with Crippen LogP contribution in [0.2, 0.25) is 5.02 Å². The first kappa shape index (κ1) is 19.9. The van der Waals surface area contributed by atoms with E-state index in [1.165, 1.54) is 12.7 Å². The smallest absolute Gasteiger partial charge is 0.340 e. The van der Waals surface area contributed by atoms with Crippen LogP contribution in [0.5, 0.6) is 0 Å². The SMILES string of the molecule is COC(=O)C1=C(C)N(c2ccc(C(C)C)cc2)C(=O)/C1=C\c1ccc(Cl)cc1. The summed E-state index contributed by atoms with van der Waals surface area (Å²) in [7, 11) is 1.31. The first-order chi connectivity index (χ1) is 13.3. The third-order valence-electron chi connectivity index (χ3n) is 4.79. The molecule has 0 radical (unpaired) electrons. The summed E-state index contributed by atoms with van der Waals surface area (Å²) in [4.78, 5) is 27.2. The summed E-state index contributed by atoms with van der Waals surface area (Å²) in [5.74, 6) is -0.400. The fraction of sp³-hybridized carbons (Fsp3) is 0.217. The molecule has 4 nitrogen and oxygen atoms in total. The molecule has 0 bridgehead atoms. The number of halogens is 1. The van der Waals surface area contributed by atoms with Crippen LogP contribution < -0.4 is 4.90 Å². The maximum absolute atomic E-state index is 13.2. The van der Waals surface area contributed by atoms with Gasteiger partial charge in [-0.05, 0) is 54.3 Å². The molecule has 0 aliphatic carbocycles. The molecule has 0 unspecified atom stereocenters. The number of ether oxygens (including phenoxy) is 1. The van der Waals surface area contributed by atoms with E-state index in [1.807, 2.05) is 24.3 Å². The maximum atomic E-state index is 13.2. The van der Waals surface area contributed by atoms with Gasteiger partial charge in [0.1, 0.15) is 0 Å². The van der Waals surface area contributed by atoms with Crippen molar-refractivity contribution < 1.29 is 14.3 Å². The molecule has 1 aliphatic heterocycles. The molecule has 0 saturated carbocycles. The number of anilines is 1. The molecule has 1 aliphatic rings. The number of carbonyl (C=O) groups is 2. The Balaban J connectivity index is 2.08. The van der Waals surface area contributed by atoms with Crippen molar-refractivity contribution in [3.05, 3.63) is 81.5 Å². The van der Waals surface area contributed by atoms with E-state index in [1.54, 1.807) is 42.2 Å². The molecular formula is C23H22ClNO3. The second kappa shape index (κ2) is 8.03. The molecule has 0 spiro atoms. The lowest BCUT2D eigenvalue weighted by atomic mass is 10.0. The fourth-order valence-electron chi connectivity index (χ4n) is 3.22. The molecule has 1 amide bonds. The van der Waals surface area contributed by atoms with Crippen molar-refractivity contribution in [3.63, 3.8) is 0 Å². The average Bonchev–Trinajstić information content (AvgIpc) is 2.93. The van der Waals surface area contributed by atoms with Crippen molar-refractivity contribution in [2.75, 3.05) is 12.0 Å². The van der Waals surface area contributed by atoms with E-state index in [0.717, 1.165) is 5.56 Å². The molecule has 0 N–H and O–H groups in total. The van der Waals surface area contributed by atoms with Crippen LogP contribution in [0, 0.1) is 0 Å². The minimum absolute atomic E-state index is 0.259. The van der Waals surface area contributed by atoms with Crippen LogP contribution in [0.15, 0.2) is 65.4 Å². The Kier molecular flexibility index (Phi) is 5.71. The number of hydrogen-bond donors (Lipinski definition) is 0. The van der Waals surface area contributed by atoms with E-state index in [9.17, 15) is 9.59 Å². The molecule has 3 rings (SSSR count). The number of methoxy groups -OCH3 is 1. The predicted molar refractivity (Wildman–Crippen MR) is 112 cm³/mol. The van der Waals surface area contributed by atoms with Gasteiger partial charge in [0.15, 0.2) is 0 Å². The quantitative estimate of drug-likeness (QED) is 0.518. The Labute approximate surface area is 170 Å². The van der Waals surface area contributed by atoms with Crippen LogP contribution >= 0.6 is 11.6 Å². The van der Waals surface area contributed by atoms with Crippen LogP contribution in [0.3, 0.4) is 0 Å². The van der Waals surface area contributed by atoms with Gasteiger partial charge in [-0.1, -0.05) is 49.7 Å². The van der Waals surface area contributed by atoms with Crippen molar-refractivity contribution in [3.8, 4) is 0 Å². The van der Waals surface area contributed by atoms with Gasteiger partial charge in [-0.2, -0.15) is 0 Å². The monoisotopic (exact) mass is 395 g/mol. The summed E-state index contributed by atoms with van der Waals surface area (Å²) in [6, 6.07) is 14.9. The maximum Gasteiger partial charge on any atom is 0.340 e. The number of allylic oxidation sites excluding steroid dienone is 1. The van der Waals surface area contributed by atoms with Crippen molar-refractivity contribution in [2.24, 2.45) is 0 Å². The lowest BCUT2D eigenvalue weighted by Crippen LogP contribution is -2.24. The predicted octanol–water partition coefficient (Wildman–Crippen LogP) is 5.34. The normalized spacial score (nSPS) is 15.7. The van der Waals surface area contributed by atoms with Gasteiger partial charge in [-0.25, -0.2) is 4.79 Å². The van der Waals surface area contributed by atoms with Gasteiger partial charge in [0.25, 0.3) is 5.91 Å². The van der Waals surface area contributed by atoms with E-state index >= 15 is 0 Å². The van der Waals surface area contributed by atoms with Gasteiger partial charge in [-0.15, -0.1) is 0 Å². The number of rotatable bonds is 4. The lowest BCUT2D eigenvalue weighted by Gasteiger charge is -2.19. The number of amides is 1. The van der Waals surface area contributed by atoms with Gasteiger partial charge in [0, 0.05) is 16.4 Å². The van der Waals surface area contributed by atoms with Crippen LogP contribution in [-0.2, 0) is 14.3 Å². The highest BCUT2D eigenvalue weighted by molar-refractivity contribution is 6.30. The van der Waals surface area contributed by atoms with Gasteiger partial charge >= 0.3 is 5.97 Å². The standard InChI is InChI=1S/C23H22ClNO3/c1-14(2)17-7-11-19(12-8-17)25-15(3)21(23(27)28-4)20(22(25)26)13-16-5-9-18(24)10-6-16/h5-14H,1-4H3/b20-13-. The number of hydrogen-bond acceptors (Lipinski definition) is 3.